The average Bonchev–Trinajstić information content (AvgIpc) is 3.12. The molecule has 0 saturated carbocycles. The molecule has 0 unspecified atom stereocenters. The molecule has 2 aromatic heterocycles. The standard InChI is InChI=1S/C19H21N3O3S/c1-14-5-3-4-6-16(14)25-11-10-21(2)17(23)7-9-22-13-20-18-15(19(22)24)8-12-26-18/h3-6,8,12-13H,7,9-11H2,1-2H3. The summed E-state index contributed by atoms with van der Waals surface area (Å²) in [6.07, 6.45) is 1.76. The maximum absolute atomic E-state index is 12.3. The van der Waals surface area contributed by atoms with Crippen molar-refractivity contribution < 1.29 is 9.53 Å². The minimum atomic E-state index is -0.102. The molecule has 136 valence electrons. The van der Waals surface area contributed by atoms with E-state index < -0.39 is 0 Å². The lowest BCUT2D eigenvalue weighted by Gasteiger charge is -2.18. The summed E-state index contributed by atoms with van der Waals surface area (Å²) in [5, 5.41) is 2.45. The Morgan fingerprint density at radius 2 is 2.12 bits per heavy atom. The fraction of sp³-hybridized carbons (Fsp3) is 0.316. The molecule has 6 nitrogen and oxygen atoms in total. The summed E-state index contributed by atoms with van der Waals surface area (Å²) in [6.45, 7) is 3.22. The van der Waals surface area contributed by atoms with Gasteiger partial charge in [0, 0.05) is 20.0 Å². The van der Waals surface area contributed by atoms with Gasteiger partial charge in [0.25, 0.3) is 5.56 Å². The molecule has 0 spiro atoms. The Bertz CT molecular complexity index is 964. The smallest absolute Gasteiger partial charge is 0.262 e. The number of carbonyl (C=O) groups excluding carboxylic acids is 1. The molecule has 2 heterocycles. The molecule has 0 radical (unpaired) electrons. The Hall–Kier alpha value is -2.67. The molecule has 0 bridgehead atoms. The number of aryl methyl sites for hydroxylation is 2. The summed E-state index contributed by atoms with van der Waals surface area (Å²) < 4.78 is 7.21. The van der Waals surface area contributed by atoms with Crippen LogP contribution in [0, 0.1) is 6.92 Å². The van der Waals surface area contributed by atoms with Crippen molar-refractivity contribution in [1.29, 1.82) is 0 Å². The second kappa shape index (κ2) is 8.14. The monoisotopic (exact) mass is 371 g/mol. The Morgan fingerprint density at radius 1 is 1.31 bits per heavy atom. The summed E-state index contributed by atoms with van der Waals surface area (Å²) in [4.78, 5) is 31.2. The molecule has 0 saturated heterocycles. The van der Waals surface area contributed by atoms with Gasteiger partial charge in [-0.2, -0.15) is 0 Å². The second-order valence-electron chi connectivity index (χ2n) is 6.06. The van der Waals surface area contributed by atoms with E-state index in [1.54, 1.807) is 18.0 Å². The van der Waals surface area contributed by atoms with E-state index in [2.05, 4.69) is 4.98 Å². The van der Waals surface area contributed by atoms with Crippen molar-refractivity contribution in [2.75, 3.05) is 20.2 Å². The first-order chi connectivity index (χ1) is 12.6. The van der Waals surface area contributed by atoms with Crippen molar-refractivity contribution >= 4 is 27.5 Å². The quantitative estimate of drug-likeness (QED) is 0.641. The lowest BCUT2D eigenvalue weighted by atomic mass is 10.2. The maximum atomic E-state index is 12.3. The first-order valence-corrected chi connectivity index (χ1v) is 9.29. The number of rotatable bonds is 7. The summed E-state index contributed by atoms with van der Waals surface area (Å²) in [5.41, 5.74) is 0.965. The first-order valence-electron chi connectivity index (χ1n) is 8.41. The third kappa shape index (κ3) is 4.11. The molecule has 0 aliphatic heterocycles. The number of thiophene rings is 1. The molecule has 7 heteroatoms. The Balaban J connectivity index is 1.50. The molecule has 0 aliphatic rings. The lowest BCUT2D eigenvalue weighted by Crippen LogP contribution is -2.32. The van der Waals surface area contributed by atoms with Crippen molar-refractivity contribution in [3.8, 4) is 5.75 Å². The highest BCUT2D eigenvalue weighted by atomic mass is 32.1. The number of carbonyl (C=O) groups is 1. The summed E-state index contributed by atoms with van der Waals surface area (Å²) in [6, 6.07) is 9.55. The summed E-state index contributed by atoms with van der Waals surface area (Å²) in [7, 11) is 1.74. The van der Waals surface area contributed by atoms with Gasteiger partial charge >= 0.3 is 0 Å². The minimum absolute atomic E-state index is 0.0318. The normalized spacial score (nSPS) is 10.8. The number of benzene rings is 1. The Morgan fingerprint density at radius 3 is 2.92 bits per heavy atom. The van der Waals surface area contributed by atoms with Gasteiger partial charge in [0.15, 0.2) is 0 Å². The topological polar surface area (TPSA) is 64.4 Å². The van der Waals surface area contributed by atoms with Gasteiger partial charge in [-0.15, -0.1) is 11.3 Å². The highest BCUT2D eigenvalue weighted by Gasteiger charge is 2.11. The van der Waals surface area contributed by atoms with Crippen molar-refractivity contribution in [2.24, 2.45) is 0 Å². The molecular weight excluding hydrogens is 350 g/mol. The van der Waals surface area contributed by atoms with Crippen LogP contribution >= 0.6 is 11.3 Å². The van der Waals surface area contributed by atoms with Crippen LogP contribution in [0.25, 0.3) is 10.2 Å². The largest absolute Gasteiger partial charge is 0.491 e. The predicted molar refractivity (Wildman–Crippen MR) is 103 cm³/mol. The van der Waals surface area contributed by atoms with Crippen LogP contribution in [0.2, 0.25) is 0 Å². The zero-order valence-electron chi connectivity index (χ0n) is 14.8. The fourth-order valence-corrected chi connectivity index (χ4v) is 3.32. The van der Waals surface area contributed by atoms with Crippen molar-refractivity contribution in [2.45, 2.75) is 19.9 Å². The van der Waals surface area contributed by atoms with E-state index in [-0.39, 0.29) is 17.9 Å². The van der Waals surface area contributed by atoms with E-state index >= 15 is 0 Å². The predicted octanol–water partition coefficient (Wildman–Crippen LogP) is 2.69. The van der Waals surface area contributed by atoms with Gasteiger partial charge < -0.3 is 9.64 Å². The molecule has 1 amide bonds. The number of nitrogens with zero attached hydrogens (tertiary/aromatic N) is 3. The fourth-order valence-electron chi connectivity index (χ4n) is 2.60. The van der Waals surface area contributed by atoms with Crippen LogP contribution in [0.5, 0.6) is 5.75 Å². The number of aromatic nitrogens is 2. The molecule has 0 aliphatic carbocycles. The van der Waals surface area contributed by atoms with Crippen LogP contribution in [0.15, 0.2) is 46.8 Å². The average molecular weight is 371 g/mol. The first kappa shape index (κ1) is 18.1. The third-order valence-electron chi connectivity index (χ3n) is 4.22. The maximum Gasteiger partial charge on any atom is 0.262 e. The van der Waals surface area contributed by atoms with Gasteiger partial charge in [-0.05, 0) is 30.0 Å². The van der Waals surface area contributed by atoms with Crippen molar-refractivity contribution in [3.63, 3.8) is 0 Å². The van der Waals surface area contributed by atoms with E-state index in [4.69, 9.17) is 4.74 Å². The van der Waals surface area contributed by atoms with E-state index in [0.29, 0.717) is 25.1 Å². The van der Waals surface area contributed by atoms with E-state index in [9.17, 15) is 9.59 Å². The van der Waals surface area contributed by atoms with Gasteiger partial charge in [0.1, 0.15) is 17.2 Å². The highest BCUT2D eigenvalue weighted by molar-refractivity contribution is 7.16. The number of fused-ring (bicyclic) bond motifs is 1. The SMILES string of the molecule is Cc1ccccc1OCCN(C)C(=O)CCn1cnc2sccc2c1=O. The number of para-hydroxylation sites is 1. The number of hydrogen-bond acceptors (Lipinski definition) is 5. The molecule has 0 N–H and O–H groups in total. The van der Waals surface area contributed by atoms with Crippen LogP contribution in [-0.2, 0) is 11.3 Å². The zero-order valence-corrected chi connectivity index (χ0v) is 15.7. The zero-order chi connectivity index (χ0) is 18.5. The summed E-state index contributed by atoms with van der Waals surface area (Å²) >= 11 is 1.43. The number of likely N-dealkylation sites (N-methyl/N-ethyl adjacent to an activating group) is 1. The van der Waals surface area contributed by atoms with E-state index in [1.807, 2.05) is 36.6 Å². The van der Waals surface area contributed by atoms with Gasteiger partial charge in [-0.1, -0.05) is 18.2 Å². The van der Waals surface area contributed by atoms with Crippen molar-refractivity contribution in [1.82, 2.24) is 14.5 Å². The third-order valence-corrected chi connectivity index (χ3v) is 5.04. The molecule has 0 atom stereocenters. The number of amides is 1. The number of ether oxygens (including phenoxy) is 1. The summed E-state index contributed by atoms with van der Waals surface area (Å²) in [5.74, 6) is 0.797. The molecule has 0 fully saturated rings. The van der Waals surface area contributed by atoms with Crippen LogP contribution in [-0.4, -0.2) is 40.6 Å². The molecule has 3 aromatic rings. The Kier molecular flexibility index (Phi) is 5.68. The number of hydrogen-bond donors (Lipinski definition) is 0. The van der Waals surface area contributed by atoms with Crippen molar-refractivity contribution in [3.05, 3.63) is 58.0 Å². The van der Waals surface area contributed by atoms with Gasteiger partial charge in [-0.25, -0.2) is 4.98 Å². The van der Waals surface area contributed by atoms with Gasteiger partial charge in [0.05, 0.1) is 18.3 Å². The van der Waals surface area contributed by atoms with E-state index in [0.717, 1.165) is 16.1 Å². The second-order valence-corrected chi connectivity index (χ2v) is 6.96. The van der Waals surface area contributed by atoms with Gasteiger partial charge in [0.2, 0.25) is 5.91 Å². The Labute approximate surface area is 155 Å². The van der Waals surface area contributed by atoms with Crippen LogP contribution in [0.4, 0.5) is 0 Å². The van der Waals surface area contributed by atoms with Crippen LogP contribution in [0.1, 0.15) is 12.0 Å². The minimum Gasteiger partial charge on any atom is -0.491 e. The lowest BCUT2D eigenvalue weighted by molar-refractivity contribution is -0.130. The van der Waals surface area contributed by atoms with Crippen LogP contribution in [0.3, 0.4) is 0 Å². The molecular formula is C19H21N3O3S. The molecule has 1 aromatic carbocycles. The highest BCUT2D eigenvalue weighted by Crippen LogP contribution is 2.16. The molecule has 3 rings (SSSR count). The van der Waals surface area contributed by atoms with Gasteiger partial charge in [-0.3, -0.25) is 14.2 Å². The van der Waals surface area contributed by atoms with E-state index in [1.165, 1.54) is 22.2 Å². The molecule has 26 heavy (non-hydrogen) atoms. The van der Waals surface area contributed by atoms with Crippen LogP contribution < -0.4 is 10.3 Å².